The molecule has 3 aromatic carbocycles. The van der Waals surface area contributed by atoms with E-state index in [2.05, 4.69) is 35.9 Å². The Labute approximate surface area is 244 Å². The summed E-state index contributed by atoms with van der Waals surface area (Å²) in [7, 11) is -0.278. The minimum absolute atomic E-state index is 0.129. The van der Waals surface area contributed by atoms with Crippen LogP contribution in [0.15, 0.2) is 71.1 Å². The SMILES string of the molecule is COc1ccc2c(c1)CC[C@@H]1[C@@H]2CC[C@]2(C)C3=CCc4c(OC)ccc(NS(=O)(=O)c5ccc(C)cc5)c4C3C[C@@H]12. The number of anilines is 1. The predicted molar refractivity (Wildman–Crippen MR) is 163 cm³/mol. The van der Waals surface area contributed by atoms with Crippen LogP contribution >= 0.6 is 0 Å². The summed E-state index contributed by atoms with van der Waals surface area (Å²) in [6.07, 6.45) is 8.92. The maximum Gasteiger partial charge on any atom is 0.261 e. The van der Waals surface area contributed by atoms with Crippen molar-refractivity contribution in [3.63, 3.8) is 0 Å². The van der Waals surface area contributed by atoms with Crippen molar-refractivity contribution in [3.05, 3.63) is 94.1 Å². The van der Waals surface area contributed by atoms with E-state index in [4.69, 9.17) is 9.47 Å². The average molecular weight is 570 g/mol. The summed E-state index contributed by atoms with van der Waals surface area (Å²) in [5, 5.41) is 0. The molecule has 4 aliphatic carbocycles. The summed E-state index contributed by atoms with van der Waals surface area (Å²) < 4.78 is 41.4. The Morgan fingerprint density at radius 2 is 1.78 bits per heavy atom. The fourth-order valence-corrected chi connectivity index (χ4v) is 9.97. The monoisotopic (exact) mass is 569 g/mol. The van der Waals surface area contributed by atoms with Crippen LogP contribution in [0.4, 0.5) is 5.69 Å². The molecule has 6 heteroatoms. The first-order chi connectivity index (χ1) is 19.7. The zero-order valence-electron chi connectivity index (χ0n) is 24.4. The molecule has 0 amide bonds. The molecule has 2 saturated carbocycles. The van der Waals surface area contributed by atoms with Crippen molar-refractivity contribution < 1.29 is 17.9 Å². The number of benzene rings is 3. The van der Waals surface area contributed by atoms with E-state index < -0.39 is 10.0 Å². The lowest BCUT2D eigenvalue weighted by atomic mass is 9.55. The lowest BCUT2D eigenvalue weighted by Gasteiger charge is -2.49. The van der Waals surface area contributed by atoms with Gasteiger partial charge in [-0.1, -0.05) is 42.3 Å². The van der Waals surface area contributed by atoms with Gasteiger partial charge in [0.15, 0.2) is 0 Å². The molecule has 2 fully saturated rings. The maximum absolute atomic E-state index is 13.5. The van der Waals surface area contributed by atoms with E-state index in [1.807, 2.05) is 31.2 Å². The molecule has 0 aliphatic heterocycles. The van der Waals surface area contributed by atoms with Gasteiger partial charge in [0, 0.05) is 11.5 Å². The van der Waals surface area contributed by atoms with Gasteiger partial charge in [-0.2, -0.15) is 0 Å². The highest BCUT2D eigenvalue weighted by molar-refractivity contribution is 7.92. The Balaban J connectivity index is 1.27. The zero-order valence-corrected chi connectivity index (χ0v) is 25.2. The summed E-state index contributed by atoms with van der Waals surface area (Å²) in [6, 6.07) is 17.5. The number of ether oxygens (including phenoxy) is 2. The fraction of sp³-hybridized carbons (Fsp3) is 0.429. The van der Waals surface area contributed by atoms with Gasteiger partial charge in [-0.05, 0) is 122 Å². The average Bonchev–Trinajstić information content (AvgIpc) is 3.29. The number of methoxy groups -OCH3 is 2. The van der Waals surface area contributed by atoms with Gasteiger partial charge in [-0.15, -0.1) is 0 Å². The minimum Gasteiger partial charge on any atom is -0.497 e. The van der Waals surface area contributed by atoms with Crippen LogP contribution in [-0.4, -0.2) is 22.6 Å². The van der Waals surface area contributed by atoms with Crippen LogP contribution in [0.1, 0.15) is 72.3 Å². The highest BCUT2D eigenvalue weighted by atomic mass is 32.2. The largest absolute Gasteiger partial charge is 0.497 e. The molecular weight excluding hydrogens is 530 g/mol. The number of allylic oxidation sites excluding steroid dienone is 2. The van der Waals surface area contributed by atoms with Gasteiger partial charge < -0.3 is 9.47 Å². The Hall–Kier alpha value is -3.25. The van der Waals surface area contributed by atoms with Crippen LogP contribution in [0.5, 0.6) is 11.5 Å². The highest BCUT2D eigenvalue weighted by Crippen LogP contribution is 2.68. The van der Waals surface area contributed by atoms with E-state index in [9.17, 15) is 8.42 Å². The molecule has 3 aromatic rings. The quantitative estimate of drug-likeness (QED) is 0.322. The van der Waals surface area contributed by atoms with Gasteiger partial charge >= 0.3 is 0 Å². The molecule has 0 spiro atoms. The standard InChI is InChI=1S/C35H39NO4S/c1-21-5-9-24(10-6-21)41(37,38)36-32-15-16-33(40-4)28-13-14-30-29(34(28)32)20-31-27-11-7-22-19-23(39-3)8-12-25(22)26(27)17-18-35(30,31)2/h5-6,8-10,12,14-16,19,26-27,29,31,36H,7,11,13,17-18,20H2,1-4H3/t26-,27-,29?,31+,35-/m1/s1. The molecule has 41 heavy (non-hydrogen) atoms. The molecule has 0 heterocycles. The van der Waals surface area contributed by atoms with Crippen molar-refractivity contribution in [1.82, 2.24) is 0 Å². The molecular formula is C35H39NO4S. The molecule has 0 bridgehead atoms. The molecule has 214 valence electrons. The molecule has 7 rings (SSSR count). The highest BCUT2D eigenvalue weighted by Gasteiger charge is 2.57. The van der Waals surface area contributed by atoms with Gasteiger partial charge in [0.2, 0.25) is 0 Å². The van der Waals surface area contributed by atoms with Gasteiger partial charge in [-0.3, -0.25) is 4.72 Å². The number of fused-ring (bicyclic) bond motifs is 9. The van der Waals surface area contributed by atoms with Crippen LogP contribution in [-0.2, 0) is 22.9 Å². The summed E-state index contributed by atoms with van der Waals surface area (Å²) in [5.74, 6) is 3.75. The van der Waals surface area contributed by atoms with E-state index in [0.29, 0.717) is 23.4 Å². The third-order valence-corrected chi connectivity index (χ3v) is 12.2. The first kappa shape index (κ1) is 26.6. The Kier molecular flexibility index (Phi) is 6.27. The van der Waals surface area contributed by atoms with Crippen molar-refractivity contribution in [3.8, 4) is 11.5 Å². The normalized spacial score (nSPS) is 27.9. The second kappa shape index (κ2) is 9.65. The minimum atomic E-state index is -3.73. The van der Waals surface area contributed by atoms with E-state index >= 15 is 0 Å². The second-order valence-electron chi connectivity index (χ2n) is 12.7. The molecule has 1 N–H and O–H groups in total. The fourth-order valence-electron chi connectivity index (χ4n) is 8.89. The predicted octanol–water partition coefficient (Wildman–Crippen LogP) is 7.55. The first-order valence-electron chi connectivity index (χ1n) is 14.9. The van der Waals surface area contributed by atoms with Crippen molar-refractivity contribution in [2.75, 3.05) is 18.9 Å². The van der Waals surface area contributed by atoms with E-state index in [1.54, 1.807) is 26.4 Å². The summed E-state index contributed by atoms with van der Waals surface area (Å²) in [4.78, 5) is 0.284. The zero-order chi connectivity index (χ0) is 28.5. The molecule has 4 aliphatic rings. The smallest absolute Gasteiger partial charge is 0.261 e. The molecule has 0 saturated heterocycles. The molecule has 5 atom stereocenters. The number of aryl methyl sites for hydroxylation is 2. The van der Waals surface area contributed by atoms with E-state index in [0.717, 1.165) is 53.9 Å². The summed E-state index contributed by atoms with van der Waals surface area (Å²) >= 11 is 0. The second-order valence-corrected chi connectivity index (χ2v) is 14.4. The number of nitrogens with one attached hydrogen (secondary N) is 1. The first-order valence-corrected chi connectivity index (χ1v) is 16.4. The third-order valence-electron chi connectivity index (χ3n) is 10.8. The van der Waals surface area contributed by atoms with Gasteiger partial charge in [0.25, 0.3) is 10.0 Å². The van der Waals surface area contributed by atoms with Crippen LogP contribution < -0.4 is 14.2 Å². The van der Waals surface area contributed by atoms with Gasteiger partial charge in [0.05, 0.1) is 24.8 Å². The summed E-state index contributed by atoms with van der Waals surface area (Å²) in [5.41, 5.74) is 8.56. The van der Waals surface area contributed by atoms with Crippen LogP contribution in [0.3, 0.4) is 0 Å². The molecule has 0 aromatic heterocycles. The number of sulfonamides is 1. The number of hydrogen-bond acceptors (Lipinski definition) is 4. The lowest BCUT2D eigenvalue weighted by Crippen LogP contribution is -2.40. The third kappa shape index (κ3) is 4.12. The summed E-state index contributed by atoms with van der Waals surface area (Å²) in [6.45, 7) is 4.45. The Bertz CT molecular complexity index is 1660. The van der Waals surface area contributed by atoms with Gasteiger partial charge in [0.1, 0.15) is 11.5 Å². The van der Waals surface area contributed by atoms with E-state index in [1.165, 1.54) is 29.5 Å². The number of rotatable bonds is 5. The molecule has 5 nitrogen and oxygen atoms in total. The van der Waals surface area contributed by atoms with Gasteiger partial charge in [-0.25, -0.2) is 8.42 Å². The Morgan fingerprint density at radius 3 is 2.54 bits per heavy atom. The number of hydrogen-bond donors (Lipinski definition) is 1. The van der Waals surface area contributed by atoms with Crippen LogP contribution in [0, 0.1) is 24.2 Å². The maximum atomic E-state index is 13.5. The molecule has 0 radical (unpaired) electrons. The topological polar surface area (TPSA) is 64.6 Å². The van der Waals surface area contributed by atoms with Crippen molar-refractivity contribution in [2.45, 2.75) is 69.1 Å². The van der Waals surface area contributed by atoms with Crippen molar-refractivity contribution in [1.29, 1.82) is 0 Å². The molecule has 1 unspecified atom stereocenters. The van der Waals surface area contributed by atoms with Crippen LogP contribution in [0.25, 0.3) is 0 Å². The van der Waals surface area contributed by atoms with Crippen molar-refractivity contribution >= 4 is 15.7 Å². The Morgan fingerprint density at radius 1 is 0.976 bits per heavy atom. The lowest BCUT2D eigenvalue weighted by molar-refractivity contribution is 0.0810. The van der Waals surface area contributed by atoms with E-state index in [-0.39, 0.29) is 16.2 Å². The van der Waals surface area contributed by atoms with Crippen LogP contribution in [0.2, 0.25) is 0 Å². The van der Waals surface area contributed by atoms with Crippen molar-refractivity contribution in [2.24, 2.45) is 17.3 Å².